The monoisotopic (exact) mass is 339 g/mol. The molecule has 2 aliphatic rings. The van der Waals surface area contributed by atoms with Crippen molar-refractivity contribution in [2.75, 3.05) is 19.7 Å². The van der Waals surface area contributed by atoms with Crippen molar-refractivity contribution >= 4 is 17.4 Å². The van der Waals surface area contributed by atoms with Crippen LogP contribution in [0.3, 0.4) is 0 Å². The van der Waals surface area contributed by atoms with E-state index in [-0.39, 0.29) is 0 Å². The van der Waals surface area contributed by atoms with Crippen molar-refractivity contribution in [3.63, 3.8) is 0 Å². The van der Waals surface area contributed by atoms with Gasteiger partial charge in [-0.05, 0) is 56.1 Å². The molecule has 1 aliphatic heterocycles. The fraction of sp³-hybridized carbons (Fsp3) is 0.429. The summed E-state index contributed by atoms with van der Waals surface area (Å²) >= 11 is 1.90. The summed E-state index contributed by atoms with van der Waals surface area (Å²) in [4.78, 5) is 5.41. The van der Waals surface area contributed by atoms with Crippen LogP contribution in [-0.4, -0.2) is 24.6 Å². The first kappa shape index (κ1) is 16.1. The van der Waals surface area contributed by atoms with Crippen LogP contribution >= 0.6 is 11.3 Å². The van der Waals surface area contributed by atoms with Crippen molar-refractivity contribution in [2.45, 2.75) is 38.3 Å². The highest BCUT2D eigenvalue weighted by Crippen LogP contribution is 2.43. The molecule has 0 bridgehead atoms. The Kier molecular flexibility index (Phi) is 4.57. The number of ether oxygens (including phenoxy) is 1. The Bertz CT molecular complexity index is 725. The number of fused-ring (bicyclic) bond motifs is 2. The average Bonchev–Trinajstić information content (AvgIpc) is 3.21. The van der Waals surface area contributed by atoms with Gasteiger partial charge in [-0.1, -0.05) is 36.4 Å². The molecule has 1 saturated heterocycles. The fourth-order valence-electron chi connectivity index (χ4n) is 3.99. The molecule has 1 fully saturated rings. The average molecular weight is 340 g/mol. The van der Waals surface area contributed by atoms with Crippen LogP contribution in [0, 0.1) is 0 Å². The standard InChI is InChI=1S/C21H25NOS/c1-2-23-16-19-8-7-18(24-19)15-22-13-11-21(12-14-22)10-9-17-5-3-4-6-20(17)21/h3-10H,2,11-16H2,1H3. The second-order valence-corrected chi connectivity index (χ2v) is 8.11. The Labute approximate surface area is 148 Å². The van der Waals surface area contributed by atoms with E-state index < -0.39 is 0 Å². The molecule has 0 unspecified atom stereocenters. The van der Waals surface area contributed by atoms with Gasteiger partial charge in [0.2, 0.25) is 0 Å². The van der Waals surface area contributed by atoms with Gasteiger partial charge in [-0.15, -0.1) is 11.3 Å². The number of hydrogen-bond acceptors (Lipinski definition) is 3. The lowest BCUT2D eigenvalue weighted by molar-refractivity contribution is 0.136. The van der Waals surface area contributed by atoms with Crippen molar-refractivity contribution in [3.05, 3.63) is 63.4 Å². The largest absolute Gasteiger partial charge is 0.376 e. The fourth-order valence-corrected chi connectivity index (χ4v) is 4.99. The van der Waals surface area contributed by atoms with E-state index in [1.165, 1.54) is 41.2 Å². The topological polar surface area (TPSA) is 12.5 Å². The normalized spacial score (nSPS) is 19.0. The van der Waals surface area contributed by atoms with Crippen LogP contribution in [0.2, 0.25) is 0 Å². The van der Waals surface area contributed by atoms with E-state index in [0.717, 1.165) is 19.8 Å². The van der Waals surface area contributed by atoms with Crippen LogP contribution in [0.25, 0.3) is 6.08 Å². The first-order valence-corrected chi connectivity index (χ1v) is 9.77. The van der Waals surface area contributed by atoms with Gasteiger partial charge < -0.3 is 4.74 Å². The molecule has 1 spiro atoms. The number of thiophene rings is 1. The quantitative estimate of drug-likeness (QED) is 0.772. The highest BCUT2D eigenvalue weighted by molar-refractivity contribution is 7.11. The van der Waals surface area contributed by atoms with E-state index in [1.54, 1.807) is 5.56 Å². The maximum Gasteiger partial charge on any atom is 0.0809 e. The van der Waals surface area contributed by atoms with Crippen LogP contribution in [0.1, 0.15) is 40.6 Å². The first-order valence-electron chi connectivity index (χ1n) is 8.95. The van der Waals surface area contributed by atoms with Gasteiger partial charge in [-0.25, -0.2) is 0 Å². The second-order valence-electron chi connectivity index (χ2n) is 6.86. The Hall–Kier alpha value is -1.42. The van der Waals surface area contributed by atoms with E-state index >= 15 is 0 Å². The van der Waals surface area contributed by atoms with Gasteiger partial charge in [0.15, 0.2) is 0 Å². The van der Waals surface area contributed by atoms with Gasteiger partial charge >= 0.3 is 0 Å². The minimum atomic E-state index is 0.294. The molecule has 0 saturated carbocycles. The second kappa shape index (κ2) is 6.83. The smallest absolute Gasteiger partial charge is 0.0809 e. The summed E-state index contributed by atoms with van der Waals surface area (Å²) in [6.45, 7) is 7.03. The third-order valence-corrected chi connectivity index (χ3v) is 6.42. The summed E-state index contributed by atoms with van der Waals surface area (Å²) in [7, 11) is 0. The molecule has 0 radical (unpaired) electrons. The Morgan fingerprint density at radius 1 is 1.08 bits per heavy atom. The first-order chi connectivity index (χ1) is 11.8. The molecule has 3 heteroatoms. The zero-order valence-electron chi connectivity index (χ0n) is 14.3. The van der Waals surface area contributed by atoms with Gasteiger partial charge in [-0.2, -0.15) is 0 Å². The predicted molar refractivity (Wildman–Crippen MR) is 101 cm³/mol. The molecular formula is C21H25NOS. The Morgan fingerprint density at radius 2 is 1.88 bits per heavy atom. The van der Waals surface area contributed by atoms with Gasteiger partial charge in [0, 0.05) is 28.3 Å². The number of likely N-dealkylation sites (tertiary alicyclic amines) is 1. The number of allylic oxidation sites excluding steroid dienone is 1. The number of nitrogens with zero attached hydrogens (tertiary/aromatic N) is 1. The lowest BCUT2D eigenvalue weighted by Gasteiger charge is -2.39. The molecule has 126 valence electrons. The van der Waals surface area contributed by atoms with Crippen LogP contribution in [0.4, 0.5) is 0 Å². The van der Waals surface area contributed by atoms with E-state index in [4.69, 9.17) is 4.74 Å². The van der Waals surface area contributed by atoms with Crippen molar-refractivity contribution in [3.8, 4) is 0 Å². The molecule has 2 heterocycles. The number of hydrogen-bond donors (Lipinski definition) is 0. The van der Waals surface area contributed by atoms with Crippen molar-refractivity contribution < 1.29 is 4.74 Å². The predicted octanol–water partition coefficient (Wildman–Crippen LogP) is 4.85. The van der Waals surface area contributed by atoms with Gasteiger partial charge in [0.1, 0.15) is 0 Å². The molecule has 24 heavy (non-hydrogen) atoms. The number of piperidine rings is 1. The summed E-state index contributed by atoms with van der Waals surface area (Å²) in [5.41, 5.74) is 3.26. The molecule has 2 aromatic rings. The molecule has 4 rings (SSSR count). The maximum atomic E-state index is 5.51. The molecule has 0 N–H and O–H groups in total. The van der Waals surface area contributed by atoms with E-state index in [2.05, 4.69) is 53.5 Å². The highest BCUT2D eigenvalue weighted by Gasteiger charge is 2.37. The van der Waals surface area contributed by atoms with E-state index in [1.807, 2.05) is 18.3 Å². The number of benzene rings is 1. The van der Waals surface area contributed by atoms with Crippen molar-refractivity contribution in [1.82, 2.24) is 4.90 Å². The lowest BCUT2D eigenvalue weighted by Crippen LogP contribution is -2.40. The third kappa shape index (κ3) is 3.08. The minimum Gasteiger partial charge on any atom is -0.376 e. The SMILES string of the molecule is CCOCc1ccc(CN2CCC3(C=Cc4ccccc43)CC2)s1. The highest BCUT2D eigenvalue weighted by atomic mass is 32.1. The summed E-state index contributed by atoms with van der Waals surface area (Å²) in [6, 6.07) is 13.4. The zero-order valence-corrected chi connectivity index (χ0v) is 15.1. The number of rotatable bonds is 5. The van der Waals surface area contributed by atoms with Gasteiger partial charge in [-0.3, -0.25) is 4.90 Å². The van der Waals surface area contributed by atoms with Crippen LogP contribution in [0.5, 0.6) is 0 Å². The molecule has 0 atom stereocenters. The summed E-state index contributed by atoms with van der Waals surface area (Å²) in [6.07, 6.45) is 7.25. The van der Waals surface area contributed by atoms with Crippen LogP contribution in [0.15, 0.2) is 42.5 Å². The molecule has 1 aliphatic carbocycles. The van der Waals surface area contributed by atoms with Crippen molar-refractivity contribution in [2.24, 2.45) is 0 Å². The molecule has 0 amide bonds. The Morgan fingerprint density at radius 3 is 2.71 bits per heavy atom. The minimum absolute atomic E-state index is 0.294. The lowest BCUT2D eigenvalue weighted by atomic mass is 9.74. The molecular weight excluding hydrogens is 314 g/mol. The van der Waals surface area contributed by atoms with Gasteiger partial charge in [0.05, 0.1) is 6.61 Å². The van der Waals surface area contributed by atoms with Crippen LogP contribution in [-0.2, 0) is 23.3 Å². The summed E-state index contributed by atoms with van der Waals surface area (Å²) in [5, 5.41) is 0. The summed E-state index contributed by atoms with van der Waals surface area (Å²) in [5.74, 6) is 0. The van der Waals surface area contributed by atoms with E-state index in [0.29, 0.717) is 5.41 Å². The van der Waals surface area contributed by atoms with Gasteiger partial charge in [0.25, 0.3) is 0 Å². The zero-order chi connectivity index (χ0) is 16.4. The summed E-state index contributed by atoms with van der Waals surface area (Å²) < 4.78 is 5.51. The van der Waals surface area contributed by atoms with E-state index in [9.17, 15) is 0 Å². The molecule has 1 aromatic heterocycles. The maximum absolute atomic E-state index is 5.51. The Balaban J connectivity index is 1.37. The van der Waals surface area contributed by atoms with Crippen molar-refractivity contribution in [1.29, 1.82) is 0 Å². The molecule has 1 aromatic carbocycles. The van der Waals surface area contributed by atoms with Crippen LogP contribution < -0.4 is 0 Å². The molecule has 2 nitrogen and oxygen atoms in total. The third-order valence-electron chi connectivity index (χ3n) is 5.37.